The van der Waals surface area contributed by atoms with Gasteiger partial charge in [0.1, 0.15) is 0 Å². The van der Waals surface area contributed by atoms with E-state index in [1.165, 1.54) is 0 Å². The molecule has 0 aliphatic carbocycles. The van der Waals surface area contributed by atoms with Crippen molar-refractivity contribution in [3.63, 3.8) is 0 Å². The molecule has 1 N–H and O–H groups in total. The van der Waals surface area contributed by atoms with Crippen LogP contribution in [0, 0.1) is 5.92 Å². The molecule has 0 aromatic heterocycles. The number of nitrogens with one attached hydrogen (secondary N) is 1. The van der Waals surface area contributed by atoms with Crippen molar-refractivity contribution in [1.82, 2.24) is 5.32 Å². The van der Waals surface area contributed by atoms with Gasteiger partial charge in [-0.05, 0) is 24.5 Å². The molecule has 2 atom stereocenters. The Hall–Kier alpha value is -0.570. The second-order valence-electron chi connectivity index (χ2n) is 4.72. The van der Waals surface area contributed by atoms with Crippen LogP contribution in [-0.4, -0.2) is 19.8 Å². The maximum absolute atomic E-state index is 6.19. The van der Waals surface area contributed by atoms with Gasteiger partial charge in [0, 0.05) is 24.2 Å². The Morgan fingerprint density at radius 2 is 1.88 bits per heavy atom. The molecular weight excluding hydrogens is 234 g/mol. The van der Waals surface area contributed by atoms with Gasteiger partial charge in [0.2, 0.25) is 0 Å². The molecule has 0 bridgehead atoms. The minimum Gasteiger partial charge on any atom is -0.383 e. The Morgan fingerprint density at radius 1 is 1.24 bits per heavy atom. The van der Waals surface area contributed by atoms with Gasteiger partial charge >= 0.3 is 0 Å². The maximum atomic E-state index is 6.19. The number of rotatable bonds is 6. The minimum atomic E-state index is 0.228. The van der Waals surface area contributed by atoms with E-state index in [1.807, 2.05) is 18.2 Å². The van der Waals surface area contributed by atoms with Gasteiger partial charge in [-0.15, -0.1) is 0 Å². The largest absolute Gasteiger partial charge is 0.383 e. The van der Waals surface area contributed by atoms with E-state index in [2.05, 4.69) is 32.2 Å². The number of hydrogen-bond acceptors (Lipinski definition) is 2. The molecule has 96 valence electrons. The van der Waals surface area contributed by atoms with E-state index in [0.717, 1.165) is 10.6 Å². The van der Waals surface area contributed by atoms with E-state index < -0.39 is 0 Å². The average Bonchev–Trinajstić information content (AvgIpc) is 2.28. The topological polar surface area (TPSA) is 21.3 Å². The van der Waals surface area contributed by atoms with Gasteiger partial charge in [-0.25, -0.2) is 0 Å². The maximum Gasteiger partial charge on any atom is 0.0618 e. The molecule has 1 rings (SSSR count). The summed E-state index contributed by atoms with van der Waals surface area (Å²) < 4.78 is 5.24. The zero-order valence-corrected chi connectivity index (χ0v) is 11.8. The number of benzene rings is 1. The van der Waals surface area contributed by atoms with Gasteiger partial charge in [0.05, 0.1) is 6.61 Å². The first-order valence-corrected chi connectivity index (χ1v) is 6.43. The fourth-order valence-electron chi connectivity index (χ4n) is 1.85. The highest BCUT2D eigenvalue weighted by Gasteiger charge is 2.17. The molecule has 0 aliphatic rings. The molecule has 3 heteroatoms. The van der Waals surface area contributed by atoms with E-state index in [1.54, 1.807) is 7.11 Å². The van der Waals surface area contributed by atoms with Crippen LogP contribution < -0.4 is 5.32 Å². The molecule has 2 nitrogen and oxygen atoms in total. The first kappa shape index (κ1) is 14.5. The highest BCUT2D eigenvalue weighted by atomic mass is 35.5. The van der Waals surface area contributed by atoms with E-state index in [4.69, 9.17) is 16.3 Å². The zero-order chi connectivity index (χ0) is 12.8. The van der Waals surface area contributed by atoms with Crippen molar-refractivity contribution in [2.24, 2.45) is 5.92 Å². The molecular formula is C14H22ClNO. The summed E-state index contributed by atoms with van der Waals surface area (Å²) in [6.45, 7) is 7.23. The molecule has 0 saturated heterocycles. The lowest BCUT2D eigenvalue weighted by atomic mass is 10.0. The molecule has 0 aliphatic heterocycles. The summed E-state index contributed by atoms with van der Waals surface area (Å²) in [5.74, 6) is 0.528. The monoisotopic (exact) mass is 255 g/mol. The van der Waals surface area contributed by atoms with Crippen molar-refractivity contribution in [2.45, 2.75) is 32.9 Å². The Kier molecular flexibility index (Phi) is 5.96. The Balaban J connectivity index is 2.70. The van der Waals surface area contributed by atoms with Crippen molar-refractivity contribution in [1.29, 1.82) is 0 Å². The molecule has 0 saturated carbocycles. The zero-order valence-electron chi connectivity index (χ0n) is 11.0. The number of hydrogen-bond donors (Lipinski definition) is 1. The number of methoxy groups -OCH3 is 1. The van der Waals surface area contributed by atoms with Crippen molar-refractivity contribution in [3.8, 4) is 0 Å². The second kappa shape index (κ2) is 7.00. The van der Waals surface area contributed by atoms with E-state index >= 15 is 0 Å². The smallest absolute Gasteiger partial charge is 0.0618 e. The van der Waals surface area contributed by atoms with Crippen LogP contribution in [0.4, 0.5) is 0 Å². The van der Waals surface area contributed by atoms with Gasteiger partial charge in [-0.1, -0.05) is 43.6 Å². The lowest BCUT2D eigenvalue weighted by Crippen LogP contribution is -2.39. The van der Waals surface area contributed by atoms with Crippen LogP contribution in [-0.2, 0) is 4.74 Å². The normalized spacial score (nSPS) is 14.9. The third-order valence-electron chi connectivity index (χ3n) is 2.99. The highest BCUT2D eigenvalue weighted by molar-refractivity contribution is 6.31. The van der Waals surface area contributed by atoms with Gasteiger partial charge in [-0.3, -0.25) is 0 Å². The third kappa shape index (κ3) is 4.30. The first-order valence-electron chi connectivity index (χ1n) is 6.05. The van der Waals surface area contributed by atoms with Crippen molar-refractivity contribution >= 4 is 11.6 Å². The summed E-state index contributed by atoms with van der Waals surface area (Å²) in [5.41, 5.74) is 1.14. The summed E-state index contributed by atoms with van der Waals surface area (Å²) >= 11 is 6.19. The Morgan fingerprint density at radius 3 is 2.41 bits per heavy atom. The van der Waals surface area contributed by atoms with Gasteiger partial charge in [0.25, 0.3) is 0 Å². The molecule has 1 unspecified atom stereocenters. The van der Waals surface area contributed by atoms with Crippen molar-refractivity contribution < 1.29 is 4.74 Å². The van der Waals surface area contributed by atoms with Crippen LogP contribution in [0.2, 0.25) is 5.02 Å². The fourth-order valence-corrected chi connectivity index (χ4v) is 2.15. The lowest BCUT2D eigenvalue weighted by Gasteiger charge is -2.26. The molecule has 17 heavy (non-hydrogen) atoms. The number of ether oxygens (including phenoxy) is 1. The lowest BCUT2D eigenvalue weighted by molar-refractivity contribution is 0.141. The molecule has 0 radical (unpaired) electrons. The first-order chi connectivity index (χ1) is 8.06. The predicted molar refractivity (Wildman–Crippen MR) is 73.5 cm³/mol. The quantitative estimate of drug-likeness (QED) is 0.838. The molecule has 0 fully saturated rings. The molecule has 1 aromatic carbocycles. The molecule has 0 spiro atoms. The summed E-state index contributed by atoms with van der Waals surface area (Å²) in [6.07, 6.45) is 0. The third-order valence-corrected chi connectivity index (χ3v) is 3.33. The summed E-state index contributed by atoms with van der Waals surface area (Å²) in [5, 5.41) is 4.38. The molecule has 1 aromatic rings. The van der Waals surface area contributed by atoms with Crippen LogP contribution in [0.3, 0.4) is 0 Å². The van der Waals surface area contributed by atoms with Crippen molar-refractivity contribution in [2.75, 3.05) is 13.7 Å². The van der Waals surface area contributed by atoms with E-state index in [0.29, 0.717) is 18.6 Å². The predicted octanol–water partition coefficient (Wildman–Crippen LogP) is 3.66. The van der Waals surface area contributed by atoms with Crippen LogP contribution in [0.25, 0.3) is 0 Å². The van der Waals surface area contributed by atoms with Gasteiger partial charge in [0.15, 0.2) is 0 Å². The van der Waals surface area contributed by atoms with E-state index in [9.17, 15) is 0 Å². The van der Waals surface area contributed by atoms with E-state index in [-0.39, 0.29) is 6.04 Å². The SMILES string of the molecule is COCC(N[C@@H](C)c1ccccc1Cl)C(C)C. The number of halogens is 1. The van der Waals surface area contributed by atoms with Crippen LogP contribution in [0.1, 0.15) is 32.4 Å². The average molecular weight is 256 g/mol. The Labute approximate surface area is 109 Å². The van der Waals surface area contributed by atoms with Gasteiger partial charge < -0.3 is 10.1 Å². The van der Waals surface area contributed by atoms with Crippen LogP contribution in [0.5, 0.6) is 0 Å². The van der Waals surface area contributed by atoms with Gasteiger partial charge in [-0.2, -0.15) is 0 Å². The molecule has 0 amide bonds. The molecule has 0 heterocycles. The Bertz CT molecular complexity index is 341. The van der Waals surface area contributed by atoms with Crippen molar-refractivity contribution in [3.05, 3.63) is 34.9 Å². The second-order valence-corrected chi connectivity index (χ2v) is 5.12. The van der Waals surface area contributed by atoms with Crippen LogP contribution in [0.15, 0.2) is 24.3 Å². The standard InChI is InChI=1S/C14H22ClNO/c1-10(2)14(9-17-4)16-11(3)12-7-5-6-8-13(12)15/h5-8,10-11,14,16H,9H2,1-4H3/t11-,14?/m0/s1. The fraction of sp³-hybridized carbons (Fsp3) is 0.571. The minimum absolute atomic E-state index is 0.228. The summed E-state index contributed by atoms with van der Waals surface area (Å²) in [7, 11) is 1.73. The highest BCUT2D eigenvalue weighted by Crippen LogP contribution is 2.23. The van der Waals surface area contributed by atoms with Crippen LogP contribution >= 0.6 is 11.6 Å². The summed E-state index contributed by atoms with van der Waals surface area (Å²) in [4.78, 5) is 0. The summed E-state index contributed by atoms with van der Waals surface area (Å²) in [6, 6.07) is 8.52.